The number of nitrogens with zero attached hydrogens (tertiary/aromatic N) is 1. The summed E-state index contributed by atoms with van der Waals surface area (Å²) in [5.41, 5.74) is 1.88. The first kappa shape index (κ1) is 18.2. The first-order chi connectivity index (χ1) is 13.1. The van der Waals surface area contributed by atoms with Crippen LogP contribution in [0.5, 0.6) is 5.75 Å². The molecule has 7 heteroatoms. The molecular formula is C20H18N2O5. The summed E-state index contributed by atoms with van der Waals surface area (Å²) >= 11 is 0. The number of methoxy groups -OCH3 is 1. The molecule has 0 atom stereocenters. The number of ether oxygens (including phenoxy) is 2. The van der Waals surface area contributed by atoms with Crippen molar-refractivity contribution in [1.82, 2.24) is 10.2 Å². The summed E-state index contributed by atoms with van der Waals surface area (Å²) < 4.78 is 10.2. The predicted octanol–water partition coefficient (Wildman–Crippen LogP) is 2.33. The van der Waals surface area contributed by atoms with Gasteiger partial charge in [0.2, 0.25) is 0 Å². The number of urea groups is 1. The minimum absolute atomic E-state index is 0.0989. The molecule has 1 heterocycles. The van der Waals surface area contributed by atoms with E-state index in [0.717, 1.165) is 10.5 Å². The Bertz CT molecular complexity index is 875. The lowest BCUT2D eigenvalue weighted by atomic mass is 10.2. The fraction of sp³-hybridized carbons (Fsp3) is 0.150. The number of hydrogen-bond donors (Lipinski definition) is 1. The standard InChI is InChI=1S/C20H18N2O5/c1-26-18(23)12-22-19(24)17(21-20(22)25)11-14-7-9-16(10-8-14)27-13-15-5-3-2-4-6-15/h2-11H,12-13H2,1H3,(H,21,25)/b17-11+. The molecule has 1 fully saturated rings. The molecule has 1 saturated heterocycles. The van der Waals surface area contributed by atoms with Gasteiger partial charge in [0, 0.05) is 0 Å². The second kappa shape index (κ2) is 8.18. The summed E-state index contributed by atoms with van der Waals surface area (Å²) in [7, 11) is 1.19. The van der Waals surface area contributed by atoms with Gasteiger partial charge in [-0.25, -0.2) is 9.69 Å². The van der Waals surface area contributed by atoms with Gasteiger partial charge in [0.05, 0.1) is 7.11 Å². The summed E-state index contributed by atoms with van der Waals surface area (Å²) in [6.07, 6.45) is 1.54. The van der Waals surface area contributed by atoms with Crippen molar-refractivity contribution < 1.29 is 23.9 Å². The van der Waals surface area contributed by atoms with Crippen LogP contribution in [0.4, 0.5) is 4.79 Å². The number of carbonyl (C=O) groups is 3. The number of imide groups is 1. The lowest BCUT2D eigenvalue weighted by Crippen LogP contribution is -2.36. The van der Waals surface area contributed by atoms with Gasteiger partial charge in [-0.15, -0.1) is 0 Å². The molecule has 7 nitrogen and oxygen atoms in total. The van der Waals surface area contributed by atoms with Crippen LogP contribution in [0.15, 0.2) is 60.3 Å². The van der Waals surface area contributed by atoms with Crippen molar-refractivity contribution in [2.24, 2.45) is 0 Å². The fourth-order valence-corrected chi connectivity index (χ4v) is 2.48. The second-order valence-corrected chi connectivity index (χ2v) is 5.80. The highest BCUT2D eigenvalue weighted by Crippen LogP contribution is 2.18. The number of nitrogens with one attached hydrogen (secondary N) is 1. The topological polar surface area (TPSA) is 84.9 Å². The Kier molecular flexibility index (Phi) is 5.51. The minimum Gasteiger partial charge on any atom is -0.489 e. The van der Waals surface area contributed by atoms with Crippen molar-refractivity contribution in [3.05, 3.63) is 71.4 Å². The van der Waals surface area contributed by atoms with Gasteiger partial charge >= 0.3 is 12.0 Å². The molecule has 1 N–H and O–H groups in total. The van der Waals surface area contributed by atoms with Crippen molar-refractivity contribution >= 4 is 24.0 Å². The van der Waals surface area contributed by atoms with Crippen molar-refractivity contribution in [3.63, 3.8) is 0 Å². The van der Waals surface area contributed by atoms with Crippen molar-refractivity contribution in [3.8, 4) is 5.75 Å². The van der Waals surface area contributed by atoms with Crippen LogP contribution in [0, 0.1) is 0 Å². The lowest BCUT2D eigenvalue weighted by molar-refractivity contribution is -0.143. The summed E-state index contributed by atoms with van der Waals surface area (Å²) in [6.45, 7) is 0.0308. The van der Waals surface area contributed by atoms with Gasteiger partial charge in [0.1, 0.15) is 24.6 Å². The molecule has 0 saturated carbocycles. The van der Waals surface area contributed by atoms with Crippen molar-refractivity contribution in [1.29, 1.82) is 0 Å². The molecule has 0 unspecified atom stereocenters. The average Bonchev–Trinajstić information content (AvgIpc) is 2.95. The Balaban J connectivity index is 1.64. The lowest BCUT2D eigenvalue weighted by Gasteiger charge is -2.09. The van der Waals surface area contributed by atoms with Crippen LogP contribution in [0.1, 0.15) is 11.1 Å². The monoisotopic (exact) mass is 366 g/mol. The van der Waals surface area contributed by atoms with E-state index < -0.39 is 24.5 Å². The second-order valence-electron chi connectivity index (χ2n) is 5.80. The summed E-state index contributed by atoms with van der Waals surface area (Å²) in [4.78, 5) is 36.2. The smallest absolute Gasteiger partial charge is 0.329 e. The Morgan fingerprint density at radius 2 is 1.78 bits per heavy atom. The maximum absolute atomic E-state index is 12.2. The van der Waals surface area contributed by atoms with Crippen LogP contribution >= 0.6 is 0 Å². The predicted molar refractivity (Wildman–Crippen MR) is 97.5 cm³/mol. The van der Waals surface area contributed by atoms with E-state index >= 15 is 0 Å². The van der Waals surface area contributed by atoms with Gasteiger partial charge < -0.3 is 14.8 Å². The van der Waals surface area contributed by atoms with Gasteiger partial charge in [-0.05, 0) is 29.3 Å². The number of benzene rings is 2. The zero-order chi connectivity index (χ0) is 19.2. The third-order valence-corrected chi connectivity index (χ3v) is 3.92. The molecule has 2 aromatic rings. The Hall–Kier alpha value is -3.61. The normalized spacial score (nSPS) is 15.0. The quantitative estimate of drug-likeness (QED) is 0.482. The summed E-state index contributed by atoms with van der Waals surface area (Å²) in [5.74, 6) is -0.551. The van der Waals surface area contributed by atoms with E-state index in [1.165, 1.54) is 7.11 Å². The van der Waals surface area contributed by atoms with Crippen LogP contribution in [0.3, 0.4) is 0 Å². The van der Waals surface area contributed by atoms with Gasteiger partial charge in [-0.3, -0.25) is 9.59 Å². The van der Waals surface area contributed by atoms with Gasteiger partial charge in [0.15, 0.2) is 0 Å². The van der Waals surface area contributed by atoms with E-state index in [0.29, 0.717) is 17.9 Å². The van der Waals surface area contributed by atoms with E-state index in [1.807, 2.05) is 30.3 Å². The molecule has 2 aromatic carbocycles. The van der Waals surface area contributed by atoms with Crippen LogP contribution in [-0.2, 0) is 20.9 Å². The van der Waals surface area contributed by atoms with Gasteiger partial charge in [-0.2, -0.15) is 0 Å². The first-order valence-electron chi connectivity index (χ1n) is 8.25. The fourth-order valence-electron chi connectivity index (χ4n) is 2.48. The van der Waals surface area contributed by atoms with E-state index in [1.54, 1.807) is 30.3 Å². The van der Waals surface area contributed by atoms with Crippen molar-refractivity contribution in [2.45, 2.75) is 6.61 Å². The maximum atomic E-state index is 12.2. The largest absolute Gasteiger partial charge is 0.489 e. The van der Waals surface area contributed by atoms with E-state index in [2.05, 4.69) is 10.1 Å². The van der Waals surface area contributed by atoms with Crippen molar-refractivity contribution in [2.75, 3.05) is 13.7 Å². The molecule has 0 spiro atoms. The number of carbonyl (C=O) groups excluding carboxylic acids is 3. The maximum Gasteiger partial charge on any atom is 0.329 e. The molecule has 1 aliphatic rings. The molecule has 0 radical (unpaired) electrons. The summed E-state index contributed by atoms with van der Waals surface area (Å²) in [5, 5.41) is 2.45. The number of rotatable bonds is 6. The van der Waals surface area contributed by atoms with Gasteiger partial charge in [0.25, 0.3) is 5.91 Å². The molecule has 0 aromatic heterocycles. The number of hydrogen-bond acceptors (Lipinski definition) is 5. The van der Waals surface area contributed by atoms with Crippen LogP contribution < -0.4 is 10.1 Å². The van der Waals surface area contributed by atoms with E-state index in [9.17, 15) is 14.4 Å². The molecule has 3 rings (SSSR count). The van der Waals surface area contributed by atoms with E-state index in [-0.39, 0.29) is 5.70 Å². The summed E-state index contributed by atoms with van der Waals surface area (Å²) in [6, 6.07) is 16.3. The first-order valence-corrected chi connectivity index (χ1v) is 8.25. The molecular weight excluding hydrogens is 348 g/mol. The molecule has 27 heavy (non-hydrogen) atoms. The average molecular weight is 366 g/mol. The SMILES string of the molecule is COC(=O)CN1C(=O)N/C(=C/c2ccc(OCc3ccccc3)cc2)C1=O. The third kappa shape index (κ3) is 4.52. The highest BCUT2D eigenvalue weighted by atomic mass is 16.5. The number of esters is 1. The van der Waals surface area contributed by atoms with Gasteiger partial charge in [-0.1, -0.05) is 42.5 Å². The zero-order valence-corrected chi connectivity index (χ0v) is 14.7. The molecule has 138 valence electrons. The Morgan fingerprint density at radius 1 is 1.07 bits per heavy atom. The van der Waals surface area contributed by atoms with E-state index in [4.69, 9.17) is 4.74 Å². The highest BCUT2D eigenvalue weighted by molar-refractivity contribution is 6.15. The minimum atomic E-state index is -0.667. The molecule has 0 bridgehead atoms. The van der Waals surface area contributed by atoms with Crippen LogP contribution in [-0.4, -0.2) is 36.5 Å². The highest BCUT2D eigenvalue weighted by Gasteiger charge is 2.35. The number of amides is 3. The molecule has 3 amide bonds. The zero-order valence-electron chi connectivity index (χ0n) is 14.7. The van der Waals surface area contributed by atoms with Crippen LogP contribution in [0.25, 0.3) is 6.08 Å². The Labute approximate surface area is 156 Å². The Morgan fingerprint density at radius 3 is 2.44 bits per heavy atom. The van der Waals surface area contributed by atoms with Crippen LogP contribution in [0.2, 0.25) is 0 Å². The molecule has 0 aliphatic carbocycles. The molecule has 1 aliphatic heterocycles. The third-order valence-electron chi connectivity index (χ3n) is 3.92.